The molecule has 0 spiro atoms. The minimum absolute atomic E-state index is 0.0603. The van der Waals surface area contributed by atoms with Gasteiger partial charge in [-0.05, 0) is 48.7 Å². The normalized spacial score (nSPS) is 14.1. The zero-order valence-corrected chi connectivity index (χ0v) is 20.3. The molecular weight excluding hydrogens is 446 g/mol. The predicted molar refractivity (Wildman–Crippen MR) is 135 cm³/mol. The Hall–Kier alpha value is -3.45. The molecule has 4 rings (SSSR count). The van der Waals surface area contributed by atoms with Crippen molar-refractivity contribution in [3.8, 4) is 0 Å². The first-order chi connectivity index (χ1) is 16.5. The molecule has 1 aliphatic heterocycles. The molecule has 0 radical (unpaired) electrons. The van der Waals surface area contributed by atoms with Crippen molar-refractivity contribution >= 4 is 27.4 Å². The molecule has 2 aromatic carbocycles. The smallest absolute Gasteiger partial charge is 0.265 e. The highest BCUT2D eigenvalue weighted by atomic mass is 32.2. The first-order valence-corrected chi connectivity index (χ1v) is 13.0. The minimum Gasteiger partial charge on any atom is -0.289 e. The van der Waals surface area contributed by atoms with Crippen molar-refractivity contribution < 1.29 is 13.2 Å². The van der Waals surface area contributed by atoms with Gasteiger partial charge in [0.05, 0.1) is 5.69 Å². The number of hydrogen-bond acceptors (Lipinski definition) is 4. The summed E-state index contributed by atoms with van der Waals surface area (Å²) < 4.78 is 27.9. The third-order valence-corrected chi connectivity index (χ3v) is 7.86. The van der Waals surface area contributed by atoms with Crippen LogP contribution in [-0.4, -0.2) is 32.4 Å². The fourth-order valence-corrected chi connectivity index (χ4v) is 5.71. The predicted octanol–water partition coefficient (Wildman–Crippen LogP) is 4.98. The minimum atomic E-state index is -3.77. The van der Waals surface area contributed by atoms with Crippen LogP contribution in [0.1, 0.15) is 32.3 Å². The number of benzene rings is 2. The summed E-state index contributed by atoms with van der Waals surface area (Å²) >= 11 is 0. The highest BCUT2D eigenvalue weighted by molar-refractivity contribution is 7.92. The Labute approximate surface area is 201 Å². The van der Waals surface area contributed by atoms with Gasteiger partial charge in [-0.15, -0.1) is 0 Å². The number of hydrogen-bond donors (Lipinski definition) is 0. The maximum absolute atomic E-state index is 13.3. The average Bonchev–Trinajstić information content (AvgIpc) is 3.16. The zero-order valence-electron chi connectivity index (χ0n) is 19.5. The second-order valence-electron chi connectivity index (χ2n) is 8.24. The number of nitrogens with zero attached hydrogens (tertiary/aromatic N) is 3. The highest BCUT2D eigenvalue weighted by Gasteiger charge is 2.32. The molecule has 0 aliphatic carbocycles. The molecule has 0 N–H and O–H groups in total. The molecule has 0 saturated heterocycles. The van der Waals surface area contributed by atoms with Crippen LogP contribution >= 0.6 is 0 Å². The van der Waals surface area contributed by atoms with E-state index in [1.807, 2.05) is 48.5 Å². The molecule has 2 heterocycles. The topological polar surface area (TPSA) is 70.6 Å². The van der Waals surface area contributed by atoms with E-state index in [1.54, 1.807) is 30.0 Å². The molecule has 34 heavy (non-hydrogen) atoms. The van der Waals surface area contributed by atoms with Gasteiger partial charge >= 0.3 is 0 Å². The third-order valence-electron chi connectivity index (χ3n) is 5.97. The maximum atomic E-state index is 13.3. The van der Waals surface area contributed by atoms with Gasteiger partial charge in [-0.25, -0.2) is 13.4 Å². The SMILES string of the molecule is CCCC1=C(Cc2ccccc2)C(=O)N(c2ccc(S(=O)(=O)N(CC)c3ccccc3)cn2)C1. The van der Waals surface area contributed by atoms with Crippen molar-refractivity contribution in [2.45, 2.75) is 38.0 Å². The van der Waals surface area contributed by atoms with Crippen molar-refractivity contribution in [3.63, 3.8) is 0 Å². The van der Waals surface area contributed by atoms with Crippen LogP contribution in [0.5, 0.6) is 0 Å². The largest absolute Gasteiger partial charge is 0.289 e. The van der Waals surface area contributed by atoms with Gasteiger partial charge in [-0.3, -0.25) is 14.0 Å². The lowest BCUT2D eigenvalue weighted by molar-refractivity contribution is -0.114. The first kappa shape index (κ1) is 23.7. The molecule has 1 amide bonds. The van der Waals surface area contributed by atoms with Crippen molar-refractivity contribution in [1.29, 1.82) is 0 Å². The Bertz CT molecular complexity index is 1270. The number of para-hydroxylation sites is 1. The van der Waals surface area contributed by atoms with E-state index in [0.29, 0.717) is 31.0 Å². The van der Waals surface area contributed by atoms with Crippen LogP contribution < -0.4 is 9.21 Å². The summed E-state index contributed by atoms with van der Waals surface area (Å²) in [5, 5.41) is 0. The van der Waals surface area contributed by atoms with Crippen molar-refractivity contribution in [2.24, 2.45) is 0 Å². The second kappa shape index (κ2) is 10.2. The number of rotatable bonds is 9. The summed E-state index contributed by atoms with van der Waals surface area (Å²) in [5.74, 6) is 0.401. The molecule has 176 valence electrons. The number of sulfonamides is 1. The Balaban J connectivity index is 1.57. The highest BCUT2D eigenvalue weighted by Crippen LogP contribution is 2.30. The van der Waals surface area contributed by atoms with Crippen LogP contribution in [0.25, 0.3) is 0 Å². The molecule has 7 heteroatoms. The van der Waals surface area contributed by atoms with E-state index in [1.165, 1.54) is 16.6 Å². The molecular formula is C27H29N3O3S. The number of carbonyl (C=O) groups is 1. The van der Waals surface area contributed by atoms with Gasteiger partial charge in [0.2, 0.25) is 0 Å². The molecule has 0 unspecified atom stereocenters. The van der Waals surface area contributed by atoms with Gasteiger partial charge in [0, 0.05) is 31.3 Å². The van der Waals surface area contributed by atoms with Gasteiger partial charge in [0.25, 0.3) is 15.9 Å². The van der Waals surface area contributed by atoms with Gasteiger partial charge in [-0.1, -0.05) is 61.9 Å². The monoisotopic (exact) mass is 475 g/mol. The fraction of sp³-hybridized carbons (Fsp3) is 0.259. The lowest BCUT2D eigenvalue weighted by Crippen LogP contribution is -2.31. The molecule has 0 bridgehead atoms. The Morgan fingerprint density at radius 1 is 0.941 bits per heavy atom. The van der Waals surface area contributed by atoms with Crippen LogP contribution in [-0.2, 0) is 21.2 Å². The lowest BCUT2D eigenvalue weighted by atomic mass is 9.99. The maximum Gasteiger partial charge on any atom is 0.265 e. The van der Waals surface area contributed by atoms with E-state index in [2.05, 4.69) is 11.9 Å². The number of anilines is 2. The summed E-state index contributed by atoms with van der Waals surface area (Å²) in [7, 11) is -3.77. The molecule has 1 aliphatic rings. The van der Waals surface area contributed by atoms with E-state index in [9.17, 15) is 13.2 Å². The quantitative estimate of drug-likeness (QED) is 0.438. The van der Waals surface area contributed by atoms with Crippen LogP contribution in [0.3, 0.4) is 0 Å². The van der Waals surface area contributed by atoms with Gasteiger partial charge in [0.1, 0.15) is 10.7 Å². The molecule has 6 nitrogen and oxygen atoms in total. The van der Waals surface area contributed by atoms with Crippen LogP contribution in [0.4, 0.5) is 11.5 Å². The van der Waals surface area contributed by atoms with Crippen LogP contribution in [0.15, 0.2) is 95.0 Å². The Morgan fingerprint density at radius 3 is 2.21 bits per heavy atom. The summed E-state index contributed by atoms with van der Waals surface area (Å²) in [6.45, 7) is 4.68. The van der Waals surface area contributed by atoms with Crippen molar-refractivity contribution in [1.82, 2.24) is 4.98 Å². The van der Waals surface area contributed by atoms with Gasteiger partial charge in [-0.2, -0.15) is 0 Å². The number of carbonyl (C=O) groups excluding carboxylic acids is 1. The fourth-order valence-electron chi connectivity index (χ4n) is 4.29. The zero-order chi connectivity index (χ0) is 24.1. The van der Waals surface area contributed by atoms with E-state index < -0.39 is 10.0 Å². The third kappa shape index (κ3) is 4.75. The molecule has 1 aromatic heterocycles. The van der Waals surface area contributed by atoms with Gasteiger partial charge in [0.15, 0.2) is 0 Å². The van der Waals surface area contributed by atoms with E-state index in [-0.39, 0.29) is 10.8 Å². The van der Waals surface area contributed by atoms with E-state index in [4.69, 9.17) is 0 Å². The van der Waals surface area contributed by atoms with Gasteiger partial charge < -0.3 is 0 Å². The molecule has 0 fully saturated rings. The summed E-state index contributed by atoms with van der Waals surface area (Å²) in [5.41, 5.74) is 3.63. The number of aromatic nitrogens is 1. The van der Waals surface area contributed by atoms with Crippen LogP contribution in [0.2, 0.25) is 0 Å². The summed E-state index contributed by atoms with van der Waals surface area (Å²) in [6, 6.07) is 22.1. The Morgan fingerprint density at radius 2 is 1.62 bits per heavy atom. The average molecular weight is 476 g/mol. The molecule has 0 saturated carbocycles. The number of amides is 1. The molecule has 3 aromatic rings. The van der Waals surface area contributed by atoms with E-state index >= 15 is 0 Å². The van der Waals surface area contributed by atoms with Crippen LogP contribution in [0, 0.1) is 0 Å². The van der Waals surface area contributed by atoms with Crippen molar-refractivity contribution in [2.75, 3.05) is 22.3 Å². The van der Waals surface area contributed by atoms with Crippen molar-refractivity contribution in [3.05, 3.63) is 95.7 Å². The first-order valence-electron chi connectivity index (χ1n) is 11.6. The summed E-state index contributed by atoms with van der Waals surface area (Å²) in [6.07, 6.45) is 3.73. The lowest BCUT2D eigenvalue weighted by Gasteiger charge is -2.23. The van der Waals surface area contributed by atoms with E-state index in [0.717, 1.165) is 29.6 Å². The second-order valence-corrected chi connectivity index (χ2v) is 10.1. The standard InChI is InChI=1S/C27H29N3O3S/c1-3-11-22-20-29(27(31)25(22)18-21-12-7-5-8-13-21)26-17-16-24(19-28-26)34(32,33)30(4-2)23-14-9-6-10-15-23/h5-10,12-17,19H,3-4,11,18,20H2,1-2H3. The summed E-state index contributed by atoms with van der Waals surface area (Å²) in [4.78, 5) is 19.5. The molecule has 0 atom stereocenters. The Kier molecular flexibility index (Phi) is 7.12. The number of pyridine rings is 1.